The molecule has 3 atom stereocenters. The first-order chi connectivity index (χ1) is 9.08. The number of carboxylic acids is 1. The smallest absolute Gasteiger partial charge is 0.307 e. The van der Waals surface area contributed by atoms with Crippen LogP contribution in [0.15, 0.2) is 24.3 Å². The Balaban J connectivity index is 2.11. The lowest BCUT2D eigenvalue weighted by atomic mass is 9.75. The molecule has 0 aliphatic heterocycles. The summed E-state index contributed by atoms with van der Waals surface area (Å²) < 4.78 is 12.8. The summed E-state index contributed by atoms with van der Waals surface area (Å²) in [4.78, 5) is 11.4. The highest BCUT2D eigenvalue weighted by Gasteiger charge is 2.34. The van der Waals surface area contributed by atoms with Gasteiger partial charge < -0.3 is 10.2 Å². The number of hydrogen-bond acceptors (Lipinski definition) is 2. The minimum Gasteiger partial charge on any atom is -0.481 e. The second-order valence-electron chi connectivity index (χ2n) is 5.29. The van der Waals surface area contributed by atoms with Crippen LogP contribution in [0.3, 0.4) is 0 Å². The number of hydrogen-bond donors (Lipinski definition) is 2. The Bertz CT molecular complexity index is 430. The SMILES string of the molecule is O=C(O)C(Cc1ccc(F)cc1)C1CCCCC1O. The maximum atomic E-state index is 12.8. The third-order valence-corrected chi connectivity index (χ3v) is 3.98. The summed E-state index contributed by atoms with van der Waals surface area (Å²) in [5, 5.41) is 19.4. The highest BCUT2D eigenvalue weighted by Crippen LogP contribution is 2.32. The standard InChI is InChI=1S/C15H19FO3/c16-11-7-5-10(6-8-11)9-13(15(18)19)12-3-1-2-4-14(12)17/h5-8,12-14,17H,1-4,9H2,(H,18,19). The Morgan fingerprint density at radius 1 is 1.26 bits per heavy atom. The molecule has 1 aromatic carbocycles. The number of carboxylic acid groups (broad SMARTS) is 1. The average molecular weight is 266 g/mol. The van der Waals surface area contributed by atoms with E-state index in [-0.39, 0.29) is 11.7 Å². The van der Waals surface area contributed by atoms with E-state index >= 15 is 0 Å². The van der Waals surface area contributed by atoms with E-state index in [1.54, 1.807) is 12.1 Å². The van der Waals surface area contributed by atoms with Gasteiger partial charge in [0.25, 0.3) is 0 Å². The van der Waals surface area contributed by atoms with Crippen LogP contribution in [-0.2, 0) is 11.2 Å². The minimum absolute atomic E-state index is 0.198. The first kappa shape index (κ1) is 14.0. The lowest BCUT2D eigenvalue weighted by Crippen LogP contribution is -2.36. The van der Waals surface area contributed by atoms with E-state index in [9.17, 15) is 19.4 Å². The fourth-order valence-electron chi connectivity index (χ4n) is 2.91. The molecule has 0 amide bonds. The number of halogens is 1. The van der Waals surface area contributed by atoms with Crippen molar-refractivity contribution in [1.29, 1.82) is 0 Å². The summed E-state index contributed by atoms with van der Waals surface area (Å²) in [6.45, 7) is 0. The molecule has 1 aliphatic carbocycles. The molecule has 2 N–H and O–H groups in total. The molecule has 0 saturated heterocycles. The van der Waals surface area contributed by atoms with Gasteiger partial charge in [0.05, 0.1) is 12.0 Å². The molecule has 3 nitrogen and oxygen atoms in total. The van der Waals surface area contributed by atoms with Crippen LogP contribution in [0.1, 0.15) is 31.2 Å². The average Bonchev–Trinajstić information content (AvgIpc) is 2.39. The maximum Gasteiger partial charge on any atom is 0.307 e. The van der Waals surface area contributed by atoms with Gasteiger partial charge >= 0.3 is 5.97 Å². The van der Waals surface area contributed by atoms with E-state index in [2.05, 4.69) is 0 Å². The number of carbonyl (C=O) groups is 1. The molecule has 0 heterocycles. The topological polar surface area (TPSA) is 57.5 Å². The Morgan fingerprint density at radius 2 is 1.89 bits per heavy atom. The first-order valence-corrected chi connectivity index (χ1v) is 6.73. The lowest BCUT2D eigenvalue weighted by molar-refractivity contribution is -0.146. The monoisotopic (exact) mass is 266 g/mol. The van der Waals surface area contributed by atoms with E-state index in [0.29, 0.717) is 12.8 Å². The molecule has 1 fully saturated rings. The van der Waals surface area contributed by atoms with Crippen molar-refractivity contribution in [2.24, 2.45) is 11.8 Å². The second-order valence-corrected chi connectivity index (χ2v) is 5.29. The quantitative estimate of drug-likeness (QED) is 0.880. The molecule has 2 rings (SSSR count). The summed E-state index contributed by atoms with van der Waals surface area (Å²) in [7, 11) is 0. The van der Waals surface area contributed by atoms with Gasteiger partial charge in [0.2, 0.25) is 0 Å². The van der Waals surface area contributed by atoms with Crippen molar-refractivity contribution in [3.8, 4) is 0 Å². The molecular weight excluding hydrogens is 247 g/mol. The fourth-order valence-corrected chi connectivity index (χ4v) is 2.91. The number of aliphatic hydroxyl groups is 1. The third kappa shape index (κ3) is 3.53. The van der Waals surface area contributed by atoms with Crippen LogP contribution in [0, 0.1) is 17.7 Å². The Labute approximate surface area is 112 Å². The van der Waals surface area contributed by atoms with Crippen LogP contribution in [0.25, 0.3) is 0 Å². The van der Waals surface area contributed by atoms with E-state index in [0.717, 1.165) is 24.8 Å². The van der Waals surface area contributed by atoms with Crippen molar-refractivity contribution < 1.29 is 19.4 Å². The molecular formula is C15H19FO3. The predicted molar refractivity (Wildman–Crippen MR) is 69.2 cm³/mol. The molecule has 0 aromatic heterocycles. The van der Waals surface area contributed by atoms with E-state index in [1.165, 1.54) is 12.1 Å². The van der Waals surface area contributed by atoms with Crippen LogP contribution in [0.4, 0.5) is 4.39 Å². The van der Waals surface area contributed by atoms with Crippen molar-refractivity contribution in [3.63, 3.8) is 0 Å². The van der Waals surface area contributed by atoms with Crippen LogP contribution in [-0.4, -0.2) is 22.3 Å². The number of aliphatic carboxylic acids is 1. The van der Waals surface area contributed by atoms with Gasteiger partial charge in [-0.3, -0.25) is 4.79 Å². The summed E-state index contributed by atoms with van der Waals surface area (Å²) >= 11 is 0. The lowest BCUT2D eigenvalue weighted by Gasteiger charge is -2.32. The molecule has 0 bridgehead atoms. The highest BCUT2D eigenvalue weighted by molar-refractivity contribution is 5.71. The zero-order valence-electron chi connectivity index (χ0n) is 10.8. The number of benzene rings is 1. The summed E-state index contributed by atoms with van der Waals surface area (Å²) in [5.74, 6) is -2.00. The van der Waals surface area contributed by atoms with Crippen molar-refractivity contribution in [3.05, 3.63) is 35.6 Å². The van der Waals surface area contributed by atoms with Crippen LogP contribution in [0.5, 0.6) is 0 Å². The molecule has 19 heavy (non-hydrogen) atoms. The summed E-state index contributed by atoms with van der Waals surface area (Å²) in [6, 6.07) is 5.90. The van der Waals surface area contributed by atoms with Gasteiger partial charge in [-0.05, 0) is 42.9 Å². The van der Waals surface area contributed by atoms with E-state index in [1.807, 2.05) is 0 Å². The second kappa shape index (κ2) is 6.15. The molecule has 104 valence electrons. The minimum atomic E-state index is -0.879. The zero-order chi connectivity index (χ0) is 13.8. The van der Waals surface area contributed by atoms with Crippen molar-refractivity contribution in [1.82, 2.24) is 0 Å². The zero-order valence-corrected chi connectivity index (χ0v) is 10.8. The Morgan fingerprint density at radius 3 is 2.47 bits per heavy atom. The molecule has 3 unspecified atom stereocenters. The van der Waals surface area contributed by atoms with Gasteiger partial charge in [-0.2, -0.15) is 0 Å². The van der Waals surface area contributed by atoms with Gasteiger partial charge in [-0.25, -0.2) is 4.39 Å². The van der Waals surface area contributed by atoms with Crippen LogP contribution in [0.2, 0.25) is 0 Å². The largest absolute Gasteiger partial charge is 0.481 e. The highest BCUT2D eigenvalue weighted by atomic mass is 19.1. The Hall–Kier alpha value is -1.42. The van der Waals surface area contributed by atoms with Crippen molar-refractivity contribution >= 4 is 5.97 Å². The van der Waals surface area contributed by atoms with Gasteiger partial charge in [0.1, 0.15) is 5.82 Å². The van der Waals surface area contributed by atoms with Gasteiger partial charge in [-0.1, -0.05) is 25.0 Å². The number of rotatable bonds is 4. The van der Waals surface area contributed by atoms with Crippen LogP contribution >= 0.6 is 0 Å². The molecule has 0 radical (unpaired) electrons. The Kier molecular flexibility index (Phi) is 4.53. The van der Waals surface area contributed by atoms with Gasteiger partial charge in [0.15, 0.2) is 0 Å². The van der Waals surface area contributed by atoms with Gasteiger partial charge in [-0.15, -0.1) is 0 Å². The van der Waals surface area contributed by atoms with E-state index < -0.39 is 18.0 Å². The van der Waals surface area contributed by atoms with E-state index in [4.69, 9.17) is 0 Å². The predicted octanol–water partition coefficient (Wildman–Crippen LogP) is 2.62. The van der Waals surface area contributed by atoms with Crippen molar-refractivity contribution in [2.75, 3.05) is 0 Å². The molecule has 0 spiro atoms. The van der Waals surface area contributed by atoms with Crippen LogP contribution < -0.4 is 0 Å². The molecule has 1 aliphatic rings. The third-order valence-electron chi connectivity index (χ3n) is 3.98. The molecule has 1 saturated carbocycles. The van der Waals surface area contributed by atoms with Gasteiger partial charge in [0, 0.05) is 0 Å². The molecule has 4 heteroatoms. The fraction of sp³-hybridized carbons (Fsp3) is 0.533. The maximum absolute atomic E-state index is 12.8. The first-order valence-electron chi connectivity index (χ1n) is 6.73. The summed E-state index contributed by atoms with van der Waals surface area (Å²) in [5.41, 5.74) is 0.798. The number of aliphatic hydroxyl groups excluding tert-OH is 1. The van der Waals surface area contributed by atoms with Crippen molar-refractivity contribution in [2.45, 2.75) is 38.2 Å². The molecule has 1 aromatic rings. The summed E-state index contributed by atoms with van der Waals surface area (Å²) in [6.07, 6.45) is 3.17. The normalized spacial score (nSPS) is 24.9.